The molecule has 0 spiro atoms. The van der Waals surface area contributed by atoms with Gasteiger partial charge in [0.25, 0.3) is 0 Å². The molecule has 0 aliphatic carbocycles. The van der Waals surface area contributed by atoms with Crippen molar-refractivity contribution < 1.29 is 9.59 Å². The van der Waals surface area contributed by atoms with Gasteiger partial charge in [-0.15, -0.1) is 0 Å². The molecule has 148 valence electrons. The molecular formula is C23H24N4O2. The molecule has 3 aromatic rings. The Bertz CT molecular complexity index is 1090. The number of aromatic amines is 1. The summed E-state index contributed by atoms with van der Waals surface area (Å²) in [5.74, 6) is -0.151. The van der Waals surface area contributed by atoms with Gasteiger partial charge in [-0.25, -0.2) is 0 Å². The molecule has 4 rings (SSSR count). The Morgan fingerprint density at radius 1 is 1.10 bits per heavy atom. The summed E-state index contributed by atoms with van der Waals surface area (Å²) in [4.78, 5) is 27.0. The fourth-order valence-electron chi connectivity index (χ4n) is 3.77. The van der Waals surface area contributed by atoms with Gasteiger partial charge in [-0.05, 0) is 43.5 Å². The van der Waals surface area contributed by atoms with Crippen LogP contribution in [-0.2, 0) is 9.59 Å². The summed E-state index contributed by atoms with van der Waals surface area (Å²) in [6.45, 7) is 6.43. The van der Waals surface area contributed by atoms with Crippen LogP contribution in [0.4, 0.5) is 11.5 Å². The third-order valence-corrected chi connectivity index (χ3v) is 5.63. The first-order valence-electron chi connectivity index (χ1n) is 9.73. The van der Waals surface area contributed by atoms with Gasteiger partial charge in [0.1, 0.15) is 0 Å². The Hall–Kier alpha value is -3.41. The lowest BCUT2D eigenvalue weighted by Crippen LogP contribution is -2.28. The normalized spacial score (nSPS) is 16.3. The molecule has 1 aromatic heterocycles. The maximum Gasteiger partial charge on any atom is 0.231 e. The highest BCUT2D eigenvalue weighted by atomic mass is 16.2. The second-order valence-corrected chi connectivity index (χ2v) is 7.60. The first-order chi connectivity index (χ1) is 13.9. The summed E-state index contributed by atoms with van der Waals surface area (Å²) < 4.78 is 0. The van der Waals surface area contributed by atoms with Gasteiger partial charge < -0.3 is 10.2 Å². The maximum absolute atomic E-state index is 12.8. The third-order valence-electron chi connectivity index (χ3n) is 5.63. The Labute approximate surface area is 169 Å². The van der Waals surface area contributed by atoms with Crippen molar-refractivity contribution in [3.05, 3.63) is 65.2 Å². The number of nitrogens with one attached hydrogen (secondary N) is 2. The van der Waals surface area contributed by atoms with Crippen molar-refractivity contribution in [2.24, 2.45) is 5.92 Å². The molecule has 2 aromatic carbocycles. The van der Waals surface area contributed by atoms with E-state index in [2.05, 4.69) is 15.5 Å². The SMILES string of the molecule is Cc1ccccc1-c1cc(NC(=O)C2CC(=O)N(c3cccc(C)c3C)C2)n[nH]1. The van der Waals surface area contributed by atoms with Crippen molar-refractivity contribution in [3.63, 3.8) is 0 Å². The molecular weight excluding hydrogens is 364 g/mol. The van der Waals surface area contributed by atoms with E-state index in [1.807, 2.05) is 69.3 Å². The molecule has 0 bridgehead atoms. The van der Waals surface area contributed by atoms with Crippen molar-refractivity contribution in [2.45, 2.75) is 27.2 Å². The summed E-state index contributed by atoms with van der Waals surface area (Å²) in [6.07, 6.45) is 0.203. The van der Waals surface area contributed by atoms with Crippen LogP contribution < -0.4 is 10.2 Å². The molecule has 2 N–H and O–H groups in total. The molecule has 1 saturated heterocycles. The predicted molar refractivity (Wildman–Crippen MR) is 114 cm³/mol. The molecule has 6 nitrogen and oxygen atoms in total. The lowest BCUT2D eigenvalue weighted by atomic mass is 10.1. The van der Waals surface area contributed by atoms with Gasteiger partial charge in [0.2, 0.25) is 11.8 Å². The molecule has 2 amide bonds. The zero-order valence-corrected chi connectivity index (χ0v) is 16.8. The highest BCUT2D eigenvalue weighted by Crippen LogP contribution is 2.30. The molecule has 6 heteroatoms. The smallest absolute Gasteiger partial charge is 0.231 e. The standard InChI is InChI=1S/C23H24N4O2/c1-14-8-6-10-20(16(14)3)27-13-17(11-22(27)28)23(29)24-21-12-19(25-26-21)18-9-5-4-7-15(18)2/h4-10,12,17H,11,13H2,1-3H3,(H2,24,25,26,29). The van der Waals surface area contributed by atoms with E-state index in [1.54, 1.807) is 4.90 Å². The number of aryl methyl sites for hydroxylation is 2. The number of carbonyl (C=O) groups is 2. The van der Waals surface area contributed by atoms with Crippen LogP contribution in [0.25, 0.3) is 11.3 Å². The largest absolute Gasteiger partial charge is 0.311 e. The van der Waals surface area contributed by atoms with Crippen LogP contribution in [0.3, 0.4) is 0 Å². The van der Waals surface area contributed by atoms with Gasteiger partial charge >= 0.3 is 0 Å². The minimum Gasteiger partial charge on any atom is -0.311 e. The Morgan fingerprint density at radius 2 is 1.86 bits per heavy atom. The zero-order valence-electron chi connectivity index (χ0n) is 16.8. The van der Waals surface area contributed by atoms with E-state index < -0.39 is 5.92 Å². The fourth-order valence-corrected chi connectivity index (χ4v) is 3.77. The Morgan fingerprint density at radius 3 is 2.66 bits per heavy atom. The average molecular weight is 388 g/mol. The summed E-state index contributed by atoms with van der Waals surface area (Å²) >= 11 is 0. The van der Waals surface area contributed by atoms with Crippen LogP contribution in [0.1, 0.15) is 23.1 Å². The van der Waals surface area contributed by atoms with E-state index in [-0.39, 0.29) is 18.2 Å². The van der Waals surface area contributed by atoms with Crippen LogP contribution in [0.15, 0.2) is 48.5 Å². The highest BCUT2D eigenvalue weighted by molar-refractivity contribution is 6.03. The first kappa shape index (κ1) is 18.9. The van der Waals surface area contributed by atoms with E-state index in [1.165, 1.54) is 0 Å². The number of nitrogens with zero attached hydrogens (tertiary/aromatic N) is 2. The summed E-state index contributed by atoms with van der Waals surface area (Å²) in [6, 6.07) is 15.7. The average Bonchev–Trinajstić information content (AvgIpc) is 3.31. The molecule has 0 saturated carbocycles. The quantitative estimate of drug-likeness (QED) is 0.709. The van der Waals surface area contributed by atoms with Gasteiger partial charge in [-0.3, -0.25) is 14.7 Å². The van der Waals surface area contributed by atoms with E-state index in [0.29, 0.717) is 12.4 Å². The highest BCUT2D eigenvalue weighted by Gasteiger charge is 2.36. The number of rotatable bonds is 4. The number of benzene rings is 2. The number of H-pyrrole nitrogens is 1. The monoisotopic (exact) mass is 388 g/mol. The molecule has 29 heavy (non-hydrogen) atoms. The van der Waals surface area contributed by atoms with Crippen molar-refractivity contribution >= 4 is 23.3 Å². The predicted octanol–water partition coefficient (Wildman–Crippen LogP) is 3.99. The van der Waals surface area contributed by atoms with Crippen LogP contribution in [0, 0.1) is 26.7 Å². The first-order valence-corrected chi connectivity index (χ1v) is 9.73. The number of anilines is 2. The van der Waals surface area contributed by atoms with E-state index in [0.717, 1.165) is 33.6 Å². The zero-order chi connectivity index (χ0) is 20.5. The Balaban J connectivity index is 1.47. The molecule has 1 atom stereocenters. The van der Waals surface area contributed by atoms with Crippen LogP contribution in [-0.4, -0.2) is 28.6 Å². The maximum atomic E-state index is 12.8. The lowest BCUT2D eigenvalue weighted by molar-refractivity contribution is -0.122. The van der Waals surface area contributed by atoms with Gasteiger partial charge in [-0.2, -0.15) is 5.10 Å². The van der Waals surface area contributed by atoms with Gasteiger partial charge in [-0.1, -0.05) is 36.4 Å². The van der Waals surface area contributed by atoms with E-state index in [9.17, 15) is 9.59 Å². The number of carbonyl (C=O) groups excluding carboxylic acids is 2. The van der Waals surface area contributed by atoms with Crippen LogP contribution in [0.5, 0.6) is 0 Å². The molecule has 1 unspecified atom stereocenters. The summed E-state index contributed by atoms with van der Waals surface area (Å²) in [7, 11) is 0. The number of amides is 2. The molecule has 1 fully saturated rings. The van der Waals surface area contributed by atoms with E-state index in [4.69, 9.17) is 0 Å². The minimum atomic E-state index is -0.402. The summed E-state index contributed by atoms with van der Waals surface area (Å²) in [5.41, 5.74) is 6.09. The number of aromatic nitrogens is 2. The van der Waals surface area contributed by atoms with Crippen LogP contribution in [0.2, 0.25) is 0 Å². The number of hydrogen-bond donors (Lipinski definition) is 2. The second kappa shape index (κ2) is 7.54. The topological polar surface area (TPSA) is 78.1 Å². The second-order valence-electron chi connectivity index (χ2n) is 7.60. The molecule has 1 aliphatic heterocycles. The van der Waals surface area contributed by atoms with Gasteiger partial charge in [0.15, 0.2) is 5.82 Å². The minimum absolute atomic E-state index is 0.0264. The van der Waals surface area contributed by atoms with Gasteiger partial charge in [0.05, 0.1) is 11.6 Å². The molecule has 2 heterocycles. The van der Waals surface area contributed by atoms with E-state index >= 15 is 0 Å². The summed E-state index contributed by atoms with van der Waals surface area (Å²) in [5, 5.41) is 10.0. The fraction of sp³-hybridized carbons (Fsp3) is 0.261. The van der Waals surface area contributed by atoms with Crippen molar-refractivity contribution in [3.8, 4) is 11.3 Å². The van der Waals surface area contributed by atoms with Crippen molar-refractivity contribution in [2.75, 3.05) is 16.8 Å². The van der Waals surface area contributed by atoms with Gasteiger partial charge in [0, 0.05) is 30.3 Å². The van der Waals surface area contributed by atoms with Crippen molar-refractivity contribution in [1.29, 1.82) is 0 Å². The lowest BCUT2D eigenvalue weighted by Gasteiger charge is -2.20. The van der Waals surface area contributed by atoms with Crippen molar-refractivity contribution in [1.82, 2.24) is 10.2 Å². The number of hydrogen-bond acceptors (Lipinski definition) is 3. The Kier molecular flexibility index (Phi) is 4.92. The molecule has 1 aliphatic rings. The molecule has 0 radical (unpaired) electrons. The van der Waals surface area contributed by atoms with Crippen LogP contribution >= 0.6 is 0 Å². The third kappa shape index (κ3) is 3.66.